The molecule has 1 aromatic carbocycles. The average molecular weight is 288 g/mol. The molecule has 3 nitrogen and oxygen atoms in total. The predicted octanol–water partition coefficient (Wildman–Crippen LogP) is 3.78. The number of hydrogen-bond acceptors (Lipinski definition) is 2. The number of hydrogen-bond donors (Lipinski definition) is 1. The zero-order valence-electron chi connectivity index (χ0n) is 13.8. The van der Waals surface area contributed by atoms with Gasteiger partial charge in [-0.25, -0.2) is 0 Å². The maximum absolute atomic E-state index is 12.8. The number of carbonyl (C=O) groups is 1. The van der Waals surface area contributed by atoms with E-state index >= 15 is 0 Å². The van der Waals surface area contributed by atoms with Crippen molar-refractivity contribution in [3.63, 3.8) is 0 Å². The molecule has 1 N–H and O–H groups in total. The van der Waals surface area contributed by atoms with Crippen LogP contribution in [0.4, 0.5) is 0 Å². The number of amides is 1. The van der Waals surface area contributed by atoms with Gasteiger partial charge >= 0.3 is 0 Å². The number of nitrogens with zero attached hydrogens (tertiary/aromatic N) is 1. The van der Waals surface area contributed by atoms with Crippen molar-refractivity contribution in [2.45, 2.75) is 65.1 Å². The summed E-state index contributed by atoms with van der Waals surface area (Å²) in [4.78, 5) is 14.8. The molecule has 1 fully saturated rings. The summed E-state index contributed by atoms with van der Waals surface area (Å²) in [5.74, 6) is 0.243. The molecule has 0 bridgehead atoms. The highest BCUT2D eigenvalue weighted by Gasteiger charge is 2.46. The van der Waals surface area contributed by atoms with E-state index in [-0.39, 0.29) is 12.1 Å². The first-order valence-electron chi connectivity index (χ1n) is 8.17. The van der Waals surface area contributed by atoms with Crippen molar-refractivity contribution in [2.24, 2.45) is 0 Å². The molecule has 1 aliphatic heterocycles. The molecule has 3 heteroatoms. The van der Waals surface area contributed by atoms with Crippen molar-refractivity contribution in [2.75, 3.05) is 6.54 Å². The van der Waals surface area contributed by atoms with E-state index in [4.69, 9.17) is 0 Å². The van der Waals surface area contributed by atoms with E-state index in [0.717, 1.165) is 19.4 Å². The van der Waals surface area contributed by atoms with Gasteiger partial charge in [0.15, 0.2) is 0 Å². The summed E-state index contributed by atoms with van der Waals surface area (Å²) in [6.07, 6.45) is 4.26. The number of aryl methyl sites for hydroxylation is 1. The molecule has 21 heavy (non-hydrogen) atoms. The Bertz CT molecular complexity index is 500. The molecule has 2 rings (SSSR count). The molecule has 0 aliphatic carbocycles. The van der Waals surface area contributed by atoms with Gasteiger partial charge in [0.1, 0.15) is 6.17 Å². The molecular weight excluding hydrogens is 260 g/mol. The molecule has 0 radical (unpaired) electrons. The fraction of sp³-hybridized carbons (Fsp3) is 0.611. The molecule has 0 saturated carbocycles. The Morgan fingerprint density at radius 3 is 2.67 bits per heavy atom. The van der Waals surface area contributed by atoms with E-state index in [1.54, 1.807) is 0 Å². The lowest BCUT2D eigenvalue weighted by molar-refractivity contribution is -0.133. The average Bonchev–Trinajstić information content (AvgIpc) is 2.73. The minimum absolute atomic E-state index is 0.0132. The van der Waals surface area contributed by atoms with Crippen molar-refractivity contribution in [1.82, 2.24) is 10.2 Å². The summed E-state index contributed by atoms with van der Waals surface area (Å²) in [6.45, 7) is 9.23. The van der Waals surface area contributed by atoms with E-state index in [2.05, 4.69) is 50.4 Å². The van der Waals surface area contributed by atoms with E-state index in [9.17, 15) is 4.79 Å². The largest absolute Gasteiger partial charge is 0.321 e. The molecule has 1 saturated heterocycles. The van der Waals surface area contributed by atoms with Gasteiger partial charge in [-0.2, -0.15) is 0 Å². The number of unbranched alkanes of at least 4 members (excludes halogenated alkanes) is 2. The van der Waals surface area contributed by atoms with Crippen LogP contribution in [0.2, 0.25) is 0 Å². The van der Waals surface area contributed by atoms with Crippen LogP contribution in [0.1, 0.15) is 63.7 Å². The van der Waals surface area contributed by atoms with Crippen LogP contribution in [0, 0.1) is 6.92 Å². The third-order valence-corrected chi connectivity index (χ3v) is 4.57. The van der Waals surface area contributed by atoms with Gasteiger partial charge < -0.3 is 4.90 Å². The maximum Gasteiger partial charge on any atom is 0.244 e. The van der Waals surface area contributed by atoms with Crippen LogP contribution in [-0.4, -0.2) is 22.9 Å². The second-order valence-electron chi connectivity index (χ2n) is 6.35. The monoisotopic (exact) mass is 288 g/mol. The standard InChI is InChI=1S/C18H28N2O/c1-5-7-8-12-20-16(15-11-9-10-14(3)13-15)19-18(4,6-2)17(20)21/h9-11,13,16,19H,5-8,12H2,1-4H3. The van der Waals surface area contributed by atoms with Crippen LogP contribution in [-0.2, 0) is 4.79 Å². The number of carbonyl (C=O) groups excluding carboxylic acids is 1. The van der Waals surface area contributed by atoms with Crippen LogP contribution in [0.5, 0.6) is 0 Å². The fourth-order valence-electron chi connectivity index (χ4n) is 3.00. The highest BCUT2D eigenvalue weighted by atomic mass is 16.2. The zero-order valence-corrected chi connectivity index (χ0v) is 13.8. The molecule has 116 valence electrons. The van der Waals surface area contributed by atoms with Crippen molar-refractivity contribution >= 4 is 5.91 Å². The van der Waals surface area contributed by atoms with Crippen molar-refractivity contribution in [3.05, 3.63) is 35.4 Å². The highest BCUT2D eigenvalue weighted by molar-refractivity contribution is 5.88. The third-order valence-electron chi connectivity index (χ3n) is 4.57. The quantitative estimate of drug-likeness (QED) is 0.808. The predicted molar refractivity (Wildman–Crippen MR) is 87.0 cm³/mol. The molecule has 1 aromatic rings. The molecule has 0 spiro atoms. The summed E-state index contributed by atoms with van der Waals surface area (Å²) < 4.78 is 0. The van der Waals surface area contributed by atoms with E-state index in [1.807, 2.05) is 11.8 Å². The first-order chi connectivity index (χ1) is 10.0. The van der Waals surface area contributed by atoms with E-state index < -0.39 is 5.54 Å². The Hall–Kier alpha value is -1.35. The van der Waals surface area contributed by atoms with Crippen LogP contribution in [0.25, 0.3) is 0 Å². The number of nitrogens with one attached hydrogen (secondary N) is 1. The molecular formula is C18H28N2O. The summed E-state index contributed by atoms with van der Waals surface area (Å²) in [5, 5.41) is 3.56. The summed E-state index contributed by atoms with van der Waals surface area (Å²) in [6, 6.07) is 8.47. The van der Waals surface area contributed by atoms with Gasteiger partial charge in [-0.15, -0.1) is 0 Å². The Morgan fingerprint density at radius 1 is 1.29 bits per heavy atom. The topological polar surface area (TPSA) is 32.3 Å². The number of benzene rings is 1. The van der Waals surface area contributed by atoms with Crippen molar-refractivity contribution < 1.29 is 4.79 Å². The lowest BCUT2D eigenvalue weighted by atomic mass is 9.99. The van der Waals surface area contributed by atoms with E-state index in [1.165, 1.54) is 24.0 Å². The molecule has 1 amide bonds. The first-order valence-corrected chi connectivity index (χ1v) is 8.17. The molecule has 2 unspecified atom stereocenters. The normalized spacial score (nSPS) is 25.6. The maximum atomic E-state index is 12.8. The van der Waals surface area contributed by atoms with Crippen LogP contribution < -0.4 is 5.32 Å². The Morgan fingerprint density at radius 2 is 2.05 bits per heavy atom. The lowest BCUT2D eigenvalue weighted by Crippen LogP contribution is -2.43. The Balaban J connectivity index is 2.25. The Kier molecular flexibility index (Phi) is 5.04. The Labute approximate surface area is 128 Å². The van der Waals surface area contributed by atoms with Crippen LogP contribution in [0.3, 0.4) is 0 Å². The minimum atomic E-state index is -0.430. The van der Waals surface area contributed by atoms with Gasteiger partial charge in [0, 0.05) is 6.54 Å². The van der Waals surface area contributed by atoms with Crippen LogP contribution in [0.15, 0.2) is 24.3 Å². The zero-order chi connectivity index (χ0) is 15.5. The van der Waals surface area contributed by atoms with E-state index in [0.29, 0.717) is 0 Å². The van der Waals surface area contributed by atoms with Crippen molar-refractivity contribution in [3.8, 4) is 0 Å². The number of rotatable bonds is 6. The van der Waals surface area contributed by atoms with Crippen LogP contribution >= 0.6 is 0 Å². The smallest absolute Gasteiger partial charge is 0.244 e. The molecule has 1 heterocycles. The van der Waals surface area contributed by atoms with Gasteiger partial charge in [0.05, 0.1) is 5.54 Å². The second-order valence-corrected chi connectivity index (χ2v) is 6.35. The summed E-state index contributed by atoms with van der Waals surface area (Å²) in [7, 11) is 0. The second kappa shape index (κ2) is 6.61. The first kappa shape index (κ1) is 16.0. The van der Waals surface area contributed by atoms with Gasteiger partial charge in [0.2, 0.25) is 5.91 Å². The molecule has 1 aliphatic rings. The third kappa shape index (κ3) is 3.29. The van der Waals surface area contributed by atoms with Crippen molar-refractivity contribution in [1.29, 1.82) is 0 Å². The van der Waals surface area contributed by atoms with Gasteiger partial charge in [-0.05, 0) is 32.3 Å². The minimum Gasteiger partial charge on any atom is -0.321 e. The van der Waals surface area contributed by atoms with Gasteiger partial charge in [-0.1, -0.05) is 56.5 Å². The SMILES string of the molecule is CCCCCN1C(=O)C(C)(CC)NC1c1cccc(C)c1. The lowest BCUT2D eigenvalue weighted by Gasteiger charge is -2.24. The van der Waals surface area contributed by atoms with Gasteiger partial charge in [0.25, 0.3) is 0 Å². The highest BCUT2D eigenvalue weighted by Crippen LogP contribution is 2.33. The molecule has 2 atom stereocenters. The fourth-order valence-corrected chi connectivity index (χ4v) is 3.00. The molecule has 0 aromatic heterocycles. The summed E-state index contributed by atoms with van der Waals surface area (Å²) in [5.41, 5.74) is 2.00. The summed E-state index contributed by atoms with van der Waals surface area (Å²) >= 11 is 0. The van der Waals surface area contributed by atoms with Gasteiger partial charge in [-0.3, -0.25) is 10.1 Å².